The van der Waals surface area contributed by atoms with Crippen LogP contribution in [0.25, 0.3) is 0 Å². The van der Waals surface area contributed by atoms with E-state index in [4.69, 9.17) is 10.4 Å². The minimum absolute atomic E-state index is 0.144. The second-order valence-electron chi connectivity index (χ2n) is 4.87. The normalized spacial score (nSPS) is 11.0. The summed E-state index contributed by atoms with van der Waals surface area (Å²) in [4.78, 5) is 0. The molecule has 1 aromatic rings. The molecule has 0 aliphatic heterocycles. The van der Waals surface area contributed by atoms with Crippen LogP contribution in [0, 0.1) is 10.4 Å². The Balaban J connectivity index is 2.51. The van der Waals surface area contributed by atoms with E-state index < -0.39 is 5.23 Å². The Labute approximate surface area is 129 Å². The number of nitrogens with one attached hydrogen (secondary N) is 1. The van der Waals surface area contributed by atoms with E-state index in [1.54, 1.807) is 6.21 Å². The zero-order valence-electron chi connectivity index (χ0n) is 12.6. The summed E-state index contributed by atoms with van der Waals surface area (Å²) in [6.07, 6.45) is 8.39. The van der Waals surface area contributed by atoms with Crippen LogP contribution in [0.4, 0.5) is 17.1 Å². The van der Waals surface area contributed by atoms with Crippen LogP contribution < -0.4 is 15.9 Å². The molecule has 0 aliphatic carbocycles. The Morgan fingerprint density at radius 1 is 1.18 bits per heavy atom. The summed E-state index contributed by atoms with van der Waals surface area (Å²) in [5, 5.41) is 42.8. The van der Waals surface area contributed by atoms with E-state index in [1.807, 2.05) is 0 Å². The standard InChI is InChI=1S/C14H22N4O4/c1-2-3-4-5-6-7-10-15-16-13-9-8-12(17(19)20)11-14(13)18(21)22/h8-11,16,21-22H,2-7H2,1H3/q-2. The third-order valence-electron chi connectivity index (χ3n) is 3.12. The Morgan fingerprint density at radius 3 is 2.55 bits per heavy atom. The summed E-state index contributed by atoms with van der Waals surface area (Å²) in [5.74, 6) is 0. The van der Waals surface area contributed by atoms with Crippen molar-refractivity contribution in [1.82, 2.24) is 0 Å². The maximum atomic E-state index is 10.7. The molecule has 0 saturated heterocycles. The zero-order valence-corrected chi connectivity index (χ0v) is 12.6. The van der Waals surface area contributed by atoms with Crippen molar-refractivity contribution in [2.75, 3.05) is 15.9 Å². The highest BCUT2D eigenvalue weighted by Gasteiger charge is 2.07. The SMILES string of the molecule is CCCCCCCC=NNc1ccc(N([O-])[O-])cc1N(O)O. The summed E-state index contributed by atoms with van der Waals surface area (Å²) in [5.41, 5.74) is 2.52. The van der Waals surface area contributed by atoms with Gasteiger partial charge in [-0.2, -0.15) is 5.10 Å². The number of hydrogen-bond acceptors (Lipinski definition) is 8. The number of hydrogen-bond donors (Lipinski definition) is 3. The van der Waals surface area contributed by atoms with Crippen LogP contribution >= 0.6 is 0 Å². The van der Waals surface area contributed by atoms with E-state index in [2.05, 4.69) is 17.5 Å². The van der Waals surface area contributed by atoms with Gasteiger partial charge in [-0.3, -0.25) is 15.8 Å². The van der Waals surface area contributed by atoms with Crippen LogP contribution in [0.3, 0.4) is 0 Å². The lowest BCUT2D eigenvalue weighted by Gasteiger charge is -2.37. The predicted molar refractivity (Wildman–Crippen MR) is 87.2 cm³/mol. The quantitative estimate of drug-likeness (QED) is 0.341. The predicted octanol–water partition coefficient (Wildman–Crippen LogP) is 3.83. The average molecular weight is 310 g/mol. The van der Waals surface area contributed by atoms with Gasteiger partial charge in [-0.05, 0) is 31.0 Å². The fraction of sp³-hybridized carbons (Fsp3) is 0.500. The van der Waals surface area contributed by atoms with Gasteiger partial charge in [0.2, 0.25) is 0 Å². The molecule has 1 rings (SSSR count). The maximum Gasteiger partial charge on any atom is 0.121 e. The Hall–Kier alpha value is -1.87. The first-order chi connectivity index (χ1) is 10.6. The molecule has 0 amide bonds. The Kier molecular flexibility index (Phi) is 8.23. The highest BCUT2D eigenvalue weighted by Crippen LogP contribution is 2.29. The third-order valence-corrected chi connectivity index (χ3v) is 3.12. The van der Waals surface area contributed by atoms with Gasteiger partial charge in [0, 0.05) is 11.9 Å². The molecule has 0 atom stereocenters. The molecule has 3 N–H and O–H groups in total. The molecule has 0 aliphatic rings. The smallest absolute Gasteiger partial charge is 0.121 e. The van der Waals surface area contributed by atoms with Crippen LogP contribution in [-0.2, 0) is 0 Å². The summed E-state index contributed by atoms with van der Waals surface area (Å²) < 4.78 is 0. The van der Waals surface area contributed by atoms with Gasteiger partial charge < -0.3 is 15.6 Å². The van der Waals surface area contributed by atoms with E-state index >= 15 is 0 Å². The van der Waals surface area contributed by atoms with Crippen molar-refractivity contribution in [3.05, 3.63) is 28.6 Å². The monoisotopic (exact) mass is 310 g/mol. The topological polar surface area (TPSA) is 117 Å². The molecule has 22 heavy (non-hydrogen) atoms. The number of anilines is 3. The number of nitrogens with zero attached hydrogens (tertiary/aromatic N) is 3. The Bertz CT molecular complexity index is 466. The zero-order chi connectivity index (χ0) is 16.4. The number of hydrazone groups is 1. The molecule has 1 aromatic carbocycles. The first kappa shape index (κ1) is 18.2. The molecule has 0 heterocycles. The van der Waals surface area contributed by atoms with Gasteiger partial charge >= 0.3 is 0 Å². The molecule has 0 spiro atoms. The van der Waals surface area contributed by atoms with E-state index in [-0.39, 0.29) is 22.3 Å². The lowest BCUT2D eigenvalue weighted by atomic mass is 10.1. The van der Waals surface area contributed by atoms with Crippen molar-refractivity contribution in [2.45, 2.75) is 45.4 Å². The molecule has 0 saturated carbocycles. The van der Waals surface area contributed by atoms with E-state index in [0.29, 0.717) is 0 Å². The van der Waals surface area contributed by atoms with Gasteiger partial charge in [0.1, 0.15) is 5.69 Å². The van der Waals surface area contributed by atoms with Crippen molar-refractivity contribution in [1.29, 1.82) is 0 Å². The van der Waals surface area contributed by atoms with E-state index in [9.17, 15) is 10.4 Å². The summed E-state index contributed by atoms with van der Waals surface area (Å²) in [7, 11) is 0. The average Bonchev–Trinajstić information content (AvgIpc) is 2.49. The highest BCUT2D eigenvalue weighted by molar-refractivity contribution is 5.74. The van der Waals surface area contributed by atoms with Gasteiger partial charge in [-0.25, -0.2) is 0 Å². The lowest BCUT2D eigenvalue weighted by molar-refractivity contribution is 0.0295. The number of rotatable bonds is 10. The molecule has 0 radical (unpaired) electrons. The summed E-state index contributed by atoms with van der Waals surface area (Å²) in [6.45, 7) is 2.17. The second-order valence-corrected chi connectivity index (χ2v) is 4.87. The number of benzene rings is 1. The van der Waals surface area contributed by atoms with Crippen molar-refractivity contribution < 1.29 is 10.4 Å². The fourth-order valence-electron chi connectivity index (χ4n) is 1.91. The van der Waals surface area contributed by atoms with E-state index in [0.717, 1.165) is 25.3 Å². The van der Waals surface area contributed by atoms with Crippen LogP contribution in [0.15, 0.2) is 23.3 Å². The Morgan fingerprint density at radius 2 is 1.91 bits per heavy atom. The molecule has 8 heteroatoms. The van der Waals surface area contributed by atoms with Gasteiger partial charge in [0.25, 0.3) is 0 Å². The first-order valence-electron chi connectivity index (χ1n) is 7.30. The third kappa shape index (κ3) is 6.27. The van der Waals surface area contributed by atoms with Gasteiger partial charge in [-0.1, -0.05) is 32.6 Å². The molecule has 0 bridgehead atoms. The van der Waals surface area contributed by atoms with Crippen LogP contribution in [0.2, 0.25) is 0 Å². The highest BCUT2D eigenvalue weighted by atomic mass is 16.8. The molecule has 0 aromatic heterocycles. The molecular formula is C14H22N4O4-2. The van der Waals surface area contributed by atoms with E-state index in [1.165, 1.54) is 31.4 Å². The summed E-state index contributed by atoms with van der Waals surface area (Å²) in [6, 6.07) is 3.67. The molecule has 0 fully saturated rings. The summed E-state index contributed by atoms with van der Waals surface area (Å²) >= 11 is 0. The molecule has 8 nitrogen and oxygen atoms in total. The second kappa shape index (κ2) is 9.96. The molecule has 124 valence electrons. The van der Waals surface area contributed by atoms with Gasteiger partial charge in [0.05, 0.1) is 5.69 Å². The minimum atomic E-state index is -0.615. The van der Waals surface area contributed by atoms with Crippen LogP contribution in [0.5, 0.6) is 0 Å². The van der Waals surface area contributed by atoms with Crippen molar-refractivity contribution in [3.8, 4) is 0 Å². The lowest BCUT2D eigenvalue weighted by Crippen LogP contribution is -2.14. The van der Waals surface area contributed by atoms with Gasteiger partial charge in [0.15, 0.2) is 0 Å². The minimum Gasteiger partial charge on any atom is -0.769 e. The van der Waals surface area contributed by atoms with Gasteiger partial charge in [-0.15, -0.1) is 5.23 Å². The van der Waals surface area contributed by atoms with Crippen molar-refractivity contribution in [3.63, 3.8) is 0 Å². The first-order valence-corrected chi connectivity index (χ1v) is 7.30. The van der Waals surface area contributed by atoms with Crippen LogP contribution in [-0.4, -0.2) is 16.6 Å². The van der Waals surface area contributed by atoms with Crippen molar-refractivity contribution in [2.24, 2.45) is 5.10 Å². The maximum absolute atomic E-state index is 10.7. The largest absolute Gasteiger partial charge is 0.769 e. The fourth-order valence-corrected chi connectivity index (χ4v) is 1.91. The van der Waals surface area contributed by atoms with Crippen molar-refractivity contribution >= 4 is 23.3 Å². The molecular weight excluding hydrogens is 288 g/mol. The number of unbranched alkanes of at least 4 members (excludes halogenated alkanes) is 5. The molecule has 0 unspecified atom stereocenters. The van der Waals surface area contributed by atoms with Crippen LogP contribution in [0.1, 0.15) is 45.4 Å².